The average Bonchev–Trinajstić information content (AvgIpc) is 2.96. The third kappa shape index (κ3) is 4.26. The van der Waals surface area contributed by atoms with Crippen molar-refractivity contribution in [2.24, 2.45) is 7.05 Å². The van der Waals surface area contributed by atoms with Crippen LogP contribution in [0.15, 0.2) is 36.7 Å². The number of imidazole rings is 1. The molecule has 2 rings (SSSR count). The maximum Gasteiger partial charge on any atom is 0.317 e. The predicted molar refractivity (Wildman–Crippen MR) is 92.5 cm³/mol. The highest BCUT2D eigenvalue weighted by Gasteiger charge is 2.22. The lowest BCUT2D eigenvalue weighted by Gasteiger charge is -2.30. The molecule has 23 heavy (non-hydrogen) atoms. The van der Waals surface area contributed by atoms with E-state index >= 15 is 0 Å². The Balaban J connectivity index is 1.95. The Kier molecular flexibility index (Phi) is 5.66. The number of aromatic nitrogens is 2. The molecule has 0 saturated heterocycles. The molecule has 2 atom stereocenters. The molecule has 0 aliphatic rings. The van der Waals surface area contributed by atoms with Gasteiger partial charge in [-0.05, 0) is 24.6 Å². The van der Waals surface area contributed by atoms with E-state index < -0.39 is 0 Å². The van der Waals surface area contributed by atoms with E-state index in [4.69, 9.17) is 11.6 Å². The van der Waals surface area contributed by atoms with E-state index in [9.17, 15) is 4.79 Å². The Morgan fingerprint density at radius 3 is 2.57 bits per heavy atom. The second-order valence-corrected chi connectivity index (χ2v) is 6.24. The largest absolute Gasteiger partial charge is 0.337 e. The van der Waals surface area contributed by atoms with Crippen molar-refractivity contribution >= 4 is 17.6 Å². The minimum Gasteiger partial charge on any atom is -0.337 e. The maximum atomic E-state index is 12.3. The number of halogens is 1. The summed E-state index contributed by atoms with van der Waals surface area (Å²) in [6, 6.07) is 7.70. The third-order valence-electron chi connectivity index (χ3n) is 4.37. The predicted octanol–water partition coefficient (Wildman–Crippen LogP) is 3.41. The number of carbonyl (C=O) groups is 1. The second-order valence-electron chi connectivity index (χ2n) is 5.80. The molecule has 5 nitrogen and oxygen atoms in total. The minimum absolute atomic E-state index is 0.0533. The standard InChI is InChI=1S/C17H23ClN4O/c1-12(14-5-7-15(18)8-6-14)13(2)22(4)17(23)20-11-16-19-9-10-21(16)3/h5-10,12-13H,11H2,1-4H3,(H,20,23)/t12-,13-/m1/s1. The van der Waals surface area contributed by atoms with Crippen LogP contribution in [-0.2, 0) is 13.6 Å². The van der Waals surface area contributed by atoms with Gasteiger partial charge in [0, 0.05) is 43.5 Å². The molecule has 0 bridgehead atoms. The number of hydrogen-bond donors (Lipinski definition) is 1. The van der Waals surface area contributed by atoms with Crippen molar-refractivity contribution in [1.29, 1.82) is 0 Å². The highest BCUT2D eigenvalue weighted by Crippen LogP contribution is 2.23. The van der Waals surface area contributed by atoms with Gasteiger partial charge in [0.25, 0.3) is 0 Å². The van der Waals surface area contributed by atoms with Crippen LogP contribution in [0.2, 0.25) is 5.02 Å². The van der Waals surface area contributed by atoms with Crippen LogP contribution in [-0.4, -0.2) is 33.6 Å². The van der Waals surface area contributed by atoms with Crippen LogP contribution in [0.5, 0.6) is 0 Å². The van der Waals surface area contributed by atoms with Crippen molar-refractivity contribution in [3.05, 3.63) is 53.1 Å². The summed E-state index contributed by atoms with van der Waals surface area (Å²) < 4.78 is 1.89. The number of benzene rings is 1. The van der Waals surface area contributed by atoms with Crippen molar-refractivity contribution in [3.8, 4) is 0 Å². The van der Waals surface area contributed by atoms with Gasteiger partial charge in [-0.15, -0.1) is 0 Å². The fourth-order valence-electron chi connectivity index (χ4n) is 2.41. The Morgan fingerprint density at radius 1 is 1.35 bits per heavy atom. The molecule has 0 spiro atoms. The number of amides is 2. The van der Waals surface area contributed by atoms with E-state index in [0.29, 0.717) is 6.54 Å². The normalized spacial score (nSPS) is 13.4. The molecule has 0 aliphatic heterocycles. The molecule has 0 fully saturated rings. The summed E-state index contributed by atoms with van der Waals surface area (Å²) in [5, 5.41) is 3.62. The first-order chi connectivity index (χ1) is 10.9. The van der Waals surface area contributed by atoms with Gasteiger partial charge in [-0.3, -0.25) is 0 Å². The van der Waals surface area contributed by atoms with Gasteiger partial charge >= 0.3 is 6.03 Å². The van der Waals surface area contributed by atoms with E-state index in [0.717, 1.165) is 16.4 Å². The number of rotatable bonds is 5. The van der Waals surface area contributed by atoms with Gasteiger partial charge in [0.1, 0.15) is 5.82 Å². The van der Waals surface area contributed by atoms with E-state index in [1.54, 1.807) is 11.1 Å². The Bertz CT molecular complexity index is 653. The van der Waals surface area contributed by atoms with Gasteiger partial charge in [-0.1, -0.05) is 30.7 Å². The molecular formula is C17H23ClN4O. The molecular weight excluding hydrogens is 312 g/mol. The maximum absolute atomic E-state index is 12.3. The lowest BCUT2D eigenvalue weighted by molar-refractivity contribution is 0.186. The lowest BCUT2D eigenvalue weighted by atomic mass is 9.94. The highest BCUT2D eigenvalue weighted by molar-refractivity contribution is 6.30. The number of carbonyl (C=O) groups excluding carboxylic acids is 1. The molecule has 124 valence electrons. The van der Waals surface area contributed by atoms with Crippen LogP contribution >= 0.6 is 11.6 Å². The van der Waals surface area contributed by atoms with Crippen LogP contribution < -0.4 is 5.32 Å². The second kappa shape index (κ2) is 7.51. The molecule has 1 heterocycles. The van der Waals surface area contributed by atoms with E-state index in [1.165, 1.54) is 0 Å². The van der Waals surface area contributed by atoms with Gasteiger partial charge in [0.05, 0.1) is 6.54 Å². The first-order valence-electron chi connectivity index (χ1n) is 7.62. The van der Waals surface area contributed by atoms with E-state index in [2.05, 4.69) is 17.2 Å². The molecule has 1 aromatic heterocycles. The fourth-order valence-corrected chi connectivity index (χ4v) is 2.54. The number of likely N-dealkylation sites (N-methyl/N-ethyl adjacent to an activating group) is 1. The van der Waals surface area contributed by atoms with Gasteiger partial charge in [-0.2, -0.15) is 0 Å². The first-order valence-corrected chi connectivity index (χ1v) is 8.00. The average molecular weight is 335 g/mol. The van der Waals surface area contributed by atoms with Crippen LogP contribution in [0.4, 0.5) is 4.79 Å². The molecule has 0 saturated carbocycles. The molecule has 2 aromatic rings. The minimum atomic E-state index is -0.110. The summed E-state index contributed by atoms with van der Waals surface area (Å²) in [6.07, 6.45) is 3.58. The third-order valence-corrected chi connectivity index (χ3v) is 4.62. The Morgan fingerprint density at radius 2 is 2.00 bits per heavy atom. The number of urea groups is 1. The summed E-state index contributed by atoms with van der Waals surface area (Å²) in [7, 11) is 3.72. The molecule has 2 amide bonds. The molecule has 1 N–H and O–H groups in total. The monoisotopic (exact) mass is 334 g/mol. The van der Waals surface area contributed by atoms with Crippen LogP contribution in [0.3, 0.4) is 0 Å². The van der Waals surface area contributed by atoms with E-state index in [-0.39, 0.29) is 18.0 Å². The quantitative estimate of drug-likeness (QED) is 0.911. The highest BCUT2D eigenvalue weighted by atomic mass is 35.5. The zero-order valence-corrected chi connectivity index (χ0v) is 14.7. The summed E-state index contributed by atoms with van der Waals surface area (Å²) in [5.74, 6) is 1.03. The zero-order valence-electron chi connectivity index (χ0n) is 14.0. The smallest absolute Gasteiger partial charge is 0.317 e. The number of nitrogens with one attached hydrogen (secondary N) is 1. The van der Waals surface area contributed by atoms with Crippen LogP contribution in [0.1, 0.15) is 31.2 Å². The summed E-state index contributed by atoms with van der Waals surface area (Å²) in [4.78, 5) is 18.3. The van der Waals surface area contributed by atoms with Crippen molar-refractivity contribution in [2.75, 3.05) is 7.05 Å². The van der Waals surface area contributed by atoms with Crippen molar-refractivity contribution < 1.29 is 4.79 Å². The summed E-state index contributed by atoms with van der Waals surface area (Å²) >= 11 is 5.93. The first kappa shape index (κ1) is 17.3. The molecule has 0 radical (unpaired) electrons. The Labute approximate surface area is 142 Å². The van der Waals surface area contributed by atoms with Crippen molar-refractivity contribution in [2.45, 2.75) is 32.4 Å². The number of aryl methyl sites for hydroxylation is 1. The number of nitrogens with zero attached hydrogens (tertiary/aromatic N) is 3. The van der Waals surface area contributed by atoms with Crippen LogP contribution in [0.25, 0.3) is 0 Å². The van der Waals surface area contributed by atoms with Crippen LogP contribution in [0, 0.1) is 0 Å². The van der Waals surface area contributed by atoms with Gasteiger partial charge in [0.15, 0.2) is 0 Å². The fraction of sp³-hybridized carbons (Fsp3) is 0.412. The SMILES string of the molecule is C[C@H]([C@@H](C)c1ccc(Cl)cc1)N(C)C(=O)NCc1nccn1C. The topological polar surface area (TPSA) is 50.2 Å². The van der Waals surface area contributed by atoms with Gasteiger partial charge in [0.2, 0.25) is 0 Å². The zero-order chi connectivity index (χ0) is 17.0. The Hall–Kier alpha value is -2.01. The van der Waals surface area contributed by atoms with Crippen molar-refractivity contribution in [1.82, 2.24) is 19.8 Å². The van der Waals surface area contributed by atoms with Crippen molar-refractivity contribution in [3.63, 3.8) is 0 Å². The van der Waals surface area contributed by atoms with Gasteiger partial charge < -0.3 is 14.8 Å². The molecule has 0 aliphatic carbocycles. The summed E-state index contributed by atoms with van der Waals surface area (Å²) in [5.41, 5.74) is 1.16. The summed E-state index contributed by atoms with van der Waals surface area (Å²) in [6.45, 7) is 4.56. The van der Waals surface area contributed by atoms with Gasteiger partial charge in [-0.25, -0.2) is 9.78 Å². The molecule has 6 heteroatoms. The lowest BCUT2D eigenvalue weighted by Crippen LogP contribution is -2.44. The number of hydrogen-bond acceptors (Lipinski definition) is 2. The molecule has 1 aromatic carbocycles. The van der Waals surface area contributed by atoms with E-state index in [1.807, 2.05) is 56.0 Å². The molecule has 0 unspecified atom stereocenters.